The van der Waals surface area contributed by atoms with Gasteiger partial charge in [-0.3, -0.25) is 4.90 Å². The van der Waals surface area contributed by atoms with Gasteiger partial charge in [0, 0.05) is 44.8 Å². The second-order valence-electron chi connectivity index (χ2n) is 7.38. The predicted molar refractivity (Wildman–Crippen MR) is 80.1 cm³/mol. The van der Waals surface area contributed by atoms with Crippen LogP contribution in [0.5, 0.6) is 0 Å². The van der Waals surface area contributed by atoms with Crippen LogP contribution in [0.4, 0.5) is 0 Å². The van der Waals surface area contributed by atoms with Crippen LogP contribution in [0, 0.1) is 5.41 Å². The van der Waals surface area contributed by atoms with Gasteiger partial charge >= 0.3 is 0 Å². The van der Waals surface area contributed by atoms with Crippen molar-refractivity contribution in [2.75, 3.05) is 45.8 Å². The van der Waals surface area contributed by atoms with E-state index in [0.717, 1.165) is 13.1 Å². The number of nitrogens with one attached hydrogen (secondary N) is 1. The largest absolute Gasteiger partial charge is 0.316 e. The summed E-state index contributed by atoms with van der Waals surface area (Å²) in [7, 11) is 0. The van der Waals surface area contributed by atoms with Crippen LogP contribution in [0.1, 0.15) is 41.5 Å². The van der Waals surface area contributed by atoms with Gasteiger partial charge in [0.05, 0.1) is 0 Å². The SMILES string of the molecule is CCNCC(C)(C)CN1CCN(C(C)(C)C)CC1. The third kappa shape index (κ3) is 5.25. The number of hydrogen-bond acceptors (Lipinski definition) is 3. The summed E-state index contributed by atoms with van der Waals surface area (Å²) >= 11 is 0. The zero-order chi connectivity index (χ0) is 13.8. The zero-order valence-electron chi connectivity index (χ0n) is 13.3. The molecule has 0 aromatic carbocycles. The molecule has 3 nitrogen and oxygen atoms in total. The number of rotatable bonds is 5. The van der Waals surface area contributed by atoms with Crippen molar-refractivity contribution >= 4 is 0 Å². The normalized spacial score (nSPS) is 20.3. The quantitative estimate of drug-likeness (QED) is 0.811. The average molecular weight is 255 g/mol. The summed E-state index contributed by atoms with van der Waals surface area (Å²) in [5.74, 6) is 0. The molecule has 1 fully saturated rings. The Bertz CT molecular complexity index is 235. The minimum atomic E-state index is 0.325. The minimum absolute atomic E-state index is 0.325. The summed E-state index contributed by atoms with van der Waals surface area (Å²) in [6.45, 7) is 22.1. The van der Waals surface area contributed by atoms with Crippen LogP contribution in [0.15, 0.2) is 0 Å². The summed E-state index contributed by atoms with van der Waals surface area (Å²) in [5.41, 5.74) is 0.700. The van der Waals surface area contributed by atoms with E-state index in [-0.39, 0.29) is 0 Å². The second kappa shape index (κ2) is 6.36. The predicted octanol–water partition coefficient (Wildman–Crippen LogP) is 2.04. The smallest absolute Gasteiger partial charge is 0.0126 e. The van der Waals surface area contributed by atoms with Crippen LogP contribution in [0.2, 0.25) is 0 Å². The molecule has 0 radical (unpaired) electrons. The monoisotopic (exact) mass is 255 g/mol. The molecule has 18 heavy (non-hydrogen) atoms. The van der Waals surface area contributed by atoms with Crippen LogP contribution in [-0.2, 0) is 0 Å². The van der Waals surface area contributed by atoms with E-state index in [2.05, 4.69) is 56.7 Å². The Kier molecular flexibility index (Phi) is 5.63. The topological polar surface area (TPSA) is 18.5 Å². The lowest BCUT2D eigenvalue weighted by Crippen LogP contribution is -2.55. The summed E-state index contributed by atoms with van der Waals surface area (Å²) in [6.07, 6.45) is 0. The molecule has 0 amide bonds. The number of piperazine rings is 1. The first-order valence-electron chi connectivity index (χ1n) is 7.43. The van der Waals surface area contributed by atoms with Gasteiger partial charge in [0.1, 0.15) is 0 Å². The average Bonchev–Trinajstić information content (AvgIpc) is 2.25. The third-order valence-electron chi connectivity index (χ3n) is 3.83. The first kappa shape index (κ1) is 15.9. The van der Waals surface area contributed by atoms with Gasteiger partial charge in [-0.2, -0.15) is 0 Å². The fraction of sp³-hybridized carbons (Fsp3) is 1.00. The molecule has 0 atom stereocenters. The molecule has 1 aliphatic heterocycles. The van der Waals surface area contributed by atoms with Crippen LogP contribution in [0.3, 0.4) is 0 Å². The van der Waals surface area contributed by atoms with Crippen molar-refractivity contribution in [2.45, 2.75) is 47.1 Å². The highest BCUT2D eigenvalue weighted by atomic mass is 15.3. The number of nitrogens with zero attached hydrogens (tertiary/aromatic N) is 2. The molecule has 1 heterocycles. The maximum atomic E-state index is 3.47. The van der Waals surface area contributed by atoms with Gasteiger partial charge in [-0.15, -0.1) is 0 Å². The molecule has 0 aromatic heterocycles. The molecular formula is C15H33N3. The van der Waals surface area contributed by atoms with Crippen molar-refractivity contribution < 1.29 is 0 Å². The van der Waals surface area contributed by atoms with Gasteiger partial charge < -0.3 is 10.2 Å². The minimum Gasteiger partial charge on any atom is -0.316 e. The highest BCUT2D eigenvalue weighted by molar-refractivity contribution is 4.84. The Morgan fingerprint density at radius 2 is 1.50 bits per heavy atom. The lowest BCUT2D eigenvalue weighted by Gasteiger charge is -2.44. The summed E-state index contributed by atoms with van der Waals surface area (Å²) < 4.78 is 0. The maximum absolute atomic E-state index is 3.47. The van der Waals surface area contributed by atoms with Crippen molar-refractivity contribution in [3.05, 3.63) is 0 Å². The fourth-order valence-corrected chi connectivity index (χ4v) is 2.70. The second-order valence-corrected chi connectivity index (χ2v) is 7.38. The van der Waals surface area contributed by atoms with Gasteiger partial charge in [0.2, 0.25) is 0 Å². The van der Waals surface area contributed by atoms with Gasteiger partial charge in [-0.05, 0) is 32.7 Å². The molecule has 0 unspecified atom stereocenters. The maximum Gasteiger partial charge on any atom is 0.0126 e. The molecule has 0 aliphatic carbocycles. The van der Waals surface area contributed by atoms with Gasteiger partial charge in [-0.1, -0.05) is 20.8 Å². The zero-order valence-corrected chi connectivity index (χ0v) is 13.3. The Hall–Kier alpha value is -0.120. The molecule has 1 N–H and O–H groups in total. The van der Waals surface area contributed by atoms with E-state index in [1.165, 1.54) is 32.7 Å². The standard InChI is InChI=1S/C15H33N3/c1-7-16-12-15(5,6)13-17-8-10-18(11-9-17)14(2,3)4/h16H,7-13H2,1-6H3. The highest BCUT2D eigenvalue weighted by Gasteiger charge is 2.28. The molecule has 0 bridgehead atoms. The Balaban J connectivity index is 2.35. The van der Waals surface area contributed by atoms with Gasteiger partial charge in [0.15, 0.2) is 0 Å². The summed E-state index contributed by atoms with van der Waals surface area (Å²) in [5, 5.41) is 3.47. The molecule has 0 spiro atoms. The molecule has 1 saturated heterocycles. The first-order chi connectivity index (χ1) is 8.24. The van der Waals surface area contributed by atoms with Crippen molar-refractivity contribution in [3.63, 3.8) is 0 Å². The van der Waals surface area contributed by atoms with Crippen molar-refractivity contribution in [1.82, 2.24) is 15.1 Å². The van der Waals surface area contributed by atoms with Crippen LogP contribution in [0.25, 0.3) is 0 Å². The molecular weight excluding hydrogens is 222 g/mol. The first-order valence-corrected chi connectivity index (χ1v) is 7.43. The lowest BCUT2D eigenvalue weighted by molar-refractivity contribution is 0.0455. The van der Waals surface area contributed by atoms with Crippen molar-refractivity contribution in [1.29, 1.82) is 0 Å². The lowest BCUT2D eigenvalue weighted by atomic mass is 9.92. The Labute approximate surface area is 114 Å². The van der Waals surface area contributed by atoms with Crippen LogP contribution in [-0.4, -0.2) is 61.2 Å². The van der Waals surface area contributed by atoms with E-state index in [9.17, 15) is 0 Å². The fourth-order valence-electron chi connectivity index (χ4n) is 2.70. The van der Waals surface area contributed by atoms with Crippen LogP contribution >= 0.6 is 0 Å². The van der Waals surface area contributed by atoms with E-state index in [4.69, 9.17) is 0 Å². The highest BCUT2D eigenvalue weighted by Crippen LogP contribution is 2.20. The molecule has 0 aromatic rings. The van der Waals surface area contributed by atoms with E-state index in [1.807, 2.05) is 0 Å². The van der Waals surface area contributed by atoms with Gasteiger partial charge in [0.25, 0.3) is 0 Å². The van der Waals surface area contributed by atoms with Crippen molar-refractivity contribution in [3.8, 4) is 0 Å². The summed E-state index contributed by atoms with van der Waals surface area (Å²) in [6, 6.07) is 0. The third-order valence-corrected chi connectivity index (χ3v) is 3.83. The van der Waals surface area contributed by atoms with Crippen molar-refractivity contribution in [2.24, 2.45) is 5.41 Å². The van der Waals surface area contributed by atoms with E-state index in [0.29, 0.717) is 11.0 Å². The summed E-state index contributed by atoms with van der Waals surface area (Å²) in [4.78, 5) is 5.22. The molecule has 108 valence electrons. The molecule has 1 aliphatic rings. The molecule has 1 rings (SSSR count). The number of hydrogen-bond donors (Lipinski definition) is 1. The molecule has 0 saturated carbocycles. The van der Waals surface area contributed by atoms with Crippen LogP contribution < -0.4 is 5.32 Å². The van der Waals surface area contributed by atoms with E-state index in [1.54, 1.807) is 0 Å². The Morgan fingerprint density at radius 1 is 0.944 bits per heavy atom. The van der Waals surface area contributed by atoms with E-state index < -0.39 is 0 Å². The Morgan fingerprint density at radius 3 is 1.94 bits per heavy atom. The molecule has 3 heteroatoms. The van der Waals surface area contributed by atoms with E-state index >= 15 is 0 Å². The van der Waals surface area contributed by atoms with Gasteiger partial charge in [-0.25, -0.2) is 0 Å².